The molecular formula is C9H10F2IN. The summed E-state index contributed by atoms with van der Waals surface area (Å²) in [6.07, 6.45) is 0. The van der Waals surface area contributed by atoms with Crippen molar-refractivity contribution in [2.75, 3.05) is 19.0 Å². The van der Waals surface area contributed by atoms with E-state index < -0.39 is 11.6 Å². The lowest BCUT2D eigenvalue weighted by Crippen LogP contribution is -2.14. The molecule has 0 heterocycles. The molecule has 0 aliphatic rings. The van der Waals surface area contributed by atoms with Crippen LogP contribution in [0.4, 0.5) is 14.5 Å². The van der Waals surface area contributed by atoms with E-state index in [1.165, 1.54) is 0 Å². The fourth-order valence-electron chi connectivity index (χ4n) is 1.11. The summed E-state index contributed by atoms with van der Waals surface area (Å²) in [7, 11) is 3.38. The highest BCUT2D eigenvalue weighted by molar-refractivity contribution is 14.1. The first-order valence-corrected chi connectivity index (χ1v) is 4.84. The number of rotatable bonds is 1. The Kier molecular flexibility index (Phi) is 3.10. The van der Waals surface area contributed by atoms with Gasteiger partial charge in [0.25, 0.3) is 0 Å². The molecule has 0 radical (unpaired) electrons. The Bertz CT molecular complexity index is 337. The summed E-state index contributed by atoms with van der Waals surface area (Å²) in [5.74, 6) is -1.53. The predicted octanol–water partition coefficient (Wildman–Crippen LogP) is 2.94. The minimum absolute atomic E-state index is 0.309. The number of hydrogen-bond donors (Lipinski definition) is 0. The molecule has 0 aromatic heterocycles. The molecule has 0 aliphatic carbocycles. The van der Waals surface area contributed by atoms with Gasteiger partial charge in [0.1, 0.15) is 0 Å². The minimum atomic E-state index is -0.769. The van der Waals surface area contributed by atoms with Crippen LogP contribution in [0.3, 0.4) is 0 Å². The van der Waals surface area contributed by atoms with E-state index >= 15 is 0 Å². The van der Waals surface area contributed by atoms with Gasteiger partial charge >= 0.3 is 0 Å². The van der Waals surface area contributed by atoms with E-state index in [-0.39, 0.29) is 0 Å². The van der Waals surface area contributed by atoms with Crippen LogP contribution in [-0.4, -0.2) is 14.1 Å². The summed E-state index contributed by atoms with van der Waals surface area (Å²) in [5.41, 5.74) is 0.649. The maximum atomic E-state index is 13.4. The number of aryl methyl sites for hydroxylation is 1. The molecule has 0 aliphatic heterocycles. The normalized spacial score (nSPS) is 10.3. The summed E-state index contributed by atoms with van der Waals surface area (Å²) in [6, 6.07) is 1.63. The average molecular weight is 297 g/mol. The molecule has 0 fully saturated rings. The van der Waals surface area contributed by atoms with Crippen molar-refractivity contribution in [3.8, 4) is 0 Å². The second kappa shape index (κ2) is 3.77. The Balaban J connectivity index is 3.44. The smallest absolute Gasteiger partial charge is 0.183 e. The lowest BCUT2D eigenvalue weighted by molar-refractivity contribution is 0.502. The van der Waals surface area contributed by atoms with Crippen LogP contribution < -0.4 is 4.90 Å². The Morgan fingerprint density at radius 3 is 2.23 bits per heavy atom. The molecule has 1 rings (SSSR count). The number of hydrogen-bond acceptors (Lipinski definition) is 1. The van der Waals surface area contributed by atoms with Crippen LogP contribution >= 0.6 is 22.6 Å². The van der Waals surface area contributed by atoms with E-state index in [9.17, 15) is 8.78 Å². The molecule has 1 nitrogen and oxygen atoms in total. The Hall–Kier alpha value is -0.390. The molecule has 13 heavy (non-hydrogen) atoms. The topological polar surface area (TPSA) is 3.24 Å². The van der Waals surface area contributed by atoms with Crippen molar-refractivity contribution in [1.29, 1.82) is 0 Å². The third-order valence-corrected chi connectivity index (χ3v) is 2.59. The number of halogens is 3. The summed E-state index contributed by atoms with van der Waals surface area (Å²) < 4.78 is 27.2. The van der Waals surface area contributed by atoms with Crippen molar-refractivity contribution in [1.82, 2.24) is 0 Å². The highest BCUT2D eigenvalue weighted by atomic mass is 127. The molecule has 1 aromatic rings. The maximum Gasteiger partial charge on any atom is 0.183 e. The van der Waals surface area contributed by atoms with Gasteiger partial charge in [-0.15, -0.1) is 0 Å². The number of benzene rings is 1. The molecule has 4 heteroatoms. The molecule has 0 atom stereocenters. The van der Waals surface area contributed by atoms with Gasteiger partial charge < -0.3 is 4.90 Å². The third-order valence-electron chi connectivity index (χ3n) is 1.76. The van der Waals surface area contributed by atoms with Crippen molar-refractivity contribution in [2.24, 2.45) is 0 Å². The zero-order chi connectivity index (χ0) is 10.2. The van der Waals surface area contributed by atoms with Crippen LogP contribution in [0, 0.1) is 22.1 Å². The number of nitrogens with zero attached hydrogens (tertiary/aromatic N) is 1. The highest BCUT2D eigenvalue weighted by Gasteiger charge is 2.16. The van der Waals surface area contributed by atoms with Crippen LogP contribution in [0.1, 0.15) is 5.56 Å². The van der Waals surface area contributed by atoms with Crippen molar-refractivity contribution in [3.63, 3.8) is 0 Å². The molecule has 0 saturated heterocycles. The lowest BCUT2D eigenvalue weighted by Gasteiger charge is -2.16. The first-order valence-electron chi connectivity index (χ1n) is 3.76. The third kappa shape index (κ3) is 1.92. The van der Waals surface area contributed by atoms with E-state index in [0.29, 0.717) is 11.3 Å². The summed E-state index contributed by atoms with van der Waals surface area (Å²) in [5, 5.41) is 0. The van der Waals surface area contributed by atoms with Crippen LogP contribution in [0.2, 0.25) is 0 Å². The molecule has 1 aromatic carbocycles. The Labute approximate surface area is 89.9 Å². The van der Waals surface area contributed by atoms with Crippen LogP contribution in [0.15, 0.2) is 6.07 Å². The van der Waals surface area contributed by atoms with Gasteiger partial charge in [-0.25, -0.2) is 8.78 Å². The fraction of sp³-hybridized carbons (Fsp3) is 0.333. The summed E-state index contributed by atoms with van der Waals surface area (Å²) in [6.45, 7) is 1.56. The van der Waals surface area contributed by atoms with Crippen LogP contribution in [0.5, 0.6) is 0 Å². The van der Waals surface area contributed by atoms with E-state index in [0.717, 1.165) is 3.57 Å². The van der Waals surface area contributed by atoms with Gasteiger partial charge in [0.05, 0.1) is 5.69 Å². The zero-order valence-electron chi connectivity index (χ0n) is 7.66. The van der Waals surface area contributed by atoms with Gasteiger partial charge in [0.2, 0.25) is 0 Å². The molecule has 0 unspecified atom stereocenters. The molecule has 0 saturated carbocycles. The molecule has 72 valence electrons. The minimum Gasteiger partial charge on any atom is -0.374 e. The number of anilines is 1. The Morgan fingerprint density at radius 1 is 1.23 bits per heavy atom. The molecule has 0 amide bonds. The van der Waals surface area contributed by atoms with E-state index in [4.69, 9.17) is 0 Å². The second-order valence-electron chi connectivity index (χ2n) is 3.05. The molecule has 0 bridgehead atoms. The fourth-order valence-corrected chi connectivity index (χ4v) is 2.30. The van der Waals surface area contributed by atoms with Crippen molar-refractivity contribution < 1.29 is 8.78 Å². The van der Waals surface area contributed by atoms with E-state index in [1.54, 1.807) is 32.0 Å². The van der Waals surface area contributed by atoms with Crippen LogP contribution in [-0.2, 0) is 0 Å². The molecule has 0 N–H and O–H groups in total. The molecule has 0 spiro atoms. The first-order chi connectivity index (χ1) is 5.95. The second-order valence-corrected chi connectivity index (χ2v) is 4.21. The quantitative estimate of drug-likeness (QED) is 0.569. The van der Waals surface area contributed by atoms with Gasteiger partial charge in [0, 0.05) is 17.7 Å². The van der Waals surface area contributed by atoms with Gasteiger partial charge in [-0.3, -0.25) is 0 Å². The van der Waals surface area contributed by atoms with E-state index in [2.05, 4.69) is 0 Å². The Morgan fingerprint density at radius 2 is 1.77 bits per heavy atom. The zero-order valence-corrected chi connectivity index (χ0v) is 9.82. The standard InChI is InChI=1S/C9H10F2IN/c1-5-4-6(12)9(13(2)3)8(11)7(5)10/h4H,1-3H3. The highest BCUT2D eigenvalue weighted by Crippen LogP contribution is 2.28. The first kappa shape index (κ1) is 10.7. The van der Waals surface area contributed by atoms with Crippen molar-refractivity contribution in [3.05, 3.63) is 26.8 Å². The monoisotopic (exact) mass is 297 g/mol. The molecular weight excluding hydrogens is 287 g/mol. The SMILES string of the molecule is Cc1cc(I)c(N(C)C)c(F)c1F. The predicted molar refractivity (Wildman–Crippen MR) is 58.1 cm³/mol. The summed E-state index contributed by atoms with van der Waals surface area (Å²) >= 11 is 2.00. The van der Waals surface area contributed by atoms with Crippen molar-refractivity contribution in [2.45, 2.75) is 6.92 Å². The van der Waals surface area contributed by atoms with Crippen molar-refractivity contribution >= 4 is 28.3 Å². The summed E-state index contributed by atoms with van der Waals surface area (Å²) in [4.78, 5) is 1.57. The maximum absolute atomic E-state index is 13.4. The van der Waals surface area contributed by atoms with E-state index in [1.807, 2.05) is 22.6 Å². The van der Waals surface area contributed by atoms with Gasteiger partial charge in [-0.2, -0.15) is 0 Å². The lowest BCUT2D eigenvalue weighted by atomic mass is 10.2. The van der Waals surface area contributed by atoms with Gasteiger partial charge in [0.15, 0.2) is 11.6 Å². The van der Waals surface area contributed by atoms with Crippen LogP contribution in [0.25, 0.3) is 0 Å². The average Bonchev–Trinajstić information content (AvgIpc) is 1.99. The van der Waals surface area contributed by atoms with Gasteiger partial charge in [-0.1, -0.05) is 0 Å². The largest absolute Gasteiger partial charge is 0.374 e. The van der Waals surface area contributed by atoms with Gasteiger partial charge in [-0.05, 0) is 41.1 Å².